The molecular formula is C14H15ClN2O2. The van der Waals surface area contributed by atoms with E-state index in [2.05, 4.69) is 10.3 Å². The highest BCUT2D eigenvalue weighted by Crippen LogP contribution is 2.16. The lowest BCUT2D eigenvalue weighted by atomic mass is 10.2. The molecule has 0 saturated heterocycles. The SMILES string of the molecule is COc1ccc(CNc2cc(CO)cc(Cl)n2)cc1. The molecule has 5 heteroatoms. The van der Waals surface area contributed by atoms with Crippen LogP contribution in [-0.4, -0.2) is 17.2 Å². The van der Waals surface area contributed by atoms with E-state index in [-0.39, 0.29) is 6.61 Å². The Morgan fingerprint density at radius 3 is 2.58 bits per heavy atom. The lowest BCUT2D eigenvalue weighted by Gasteiger charge is -2.08. The van der Waals surface area contributed by atoms with Gasteiger partial charge in [0.25, 0.3) is 0 Å². The number of benzene rings is 1. The van der Waals surface area contributed by atoms with Gasteiger partial charge in [-0.25, -0.2) is 4.98 Å². The molecule has 2 aromatic rings. The fourth-order valence-corrected chi connectivity index (χ4v) is 1.90. The Bertz CT molecular complexity index is 544. The maximum Gasteiger partial charge on any atom is 0.131 e. The van der Waals surface area contributed by atoms with Gasteiger partial charge in [0.15, 0.2) is 0 Å². The third kappa shape index (κ3) is 3.84. The van der Waals surface area contributed by atoms with Crippen molar-refractivity contribution in [1.29, 1.82) is 0 Å². The normalized spacial score (nSPS) is 10.3. The van der Waals surface area contributed by atoms with Crippen LogP contribution >= 0.6 is 11.6 Å². The van der Waals surface area contributed by atoms with Gasteiger partial charge in [0.2, 0.25) is 0 Å². The second-order valence-corrected chi connectivity index (χ2v) is 4.43. The number of pyridine rings is 1. The fourth-order valence-electron chi connectivity index (χ4n) is 1.67. The highest BCUT2D eigenvalue weighted by atomic mass is 35.5. The van der Waals surface area contributed by atoms with Crippen molar-refractivity contribution in [3.63, 3.8) is 0 Å². The summed E-state index contributed by atoms with van der Waals surface area (Å²) in [5.74, 6) is 1.47. The molecule has 2 rings (SSSR count). The second-order valence-electron chi connectivity index (χ2n) is 4.04. The van der Waals surface area contributed by atoms with E-state index in [0.717, 1.165) is 16.9 Å². The molecule has 0 fully saturated rings. The fraction of sp³-hybridized carbons (Fsp3) is 0.214. The number of nitrogens with zero attached hydrogens (tertiary/aromatic N) is 1. The van der Waals surface area contributed by atoms with E-state index in [1.165, 1.54) is 0 Å². The number of ether oxygens (including phenoxy) is 1. The summed E-state index contributed by atoms with van der Waals surface area (Å²) in [6.45, 7) is 0.571. The Hall–Kier alpha value is -1.78. The molecule has 0 spiro atoms. The minimum Gasteiger partial charge on any atom is -0.497 e. The third-order valence-electron chi connectivity index (χ3n) is 2.67. The molecule has 1 heterocycles. The molecule has 0 atom stereocenters. The number of aliphatic hydroxyl groups excluding tert-OH is 1. The first-order chi connectivity index (χ1) is 9.21. The zero-order valence-electron chi connectivity index (χ0n) is 10.6. The predicted octanol–water partition coefficient (Wildman–Crippen LogP) is 2.85. The van der Waals surface area contributed by atoms with Crippen molar-refractivity contribution in [1.82, 2.24) is 4.98 Å². The van der Waals surface area contributed by atoms with Gasteiger partial charge in [0, 0.05) is 6.54 Å². The quantitative estimate of drug-likeness (QED) is 0.826. The molecule has 0 radical (unpaired) electrons. The summed E-state index contributed by atoms with van der Waals surface area (Å²) in [5, 5.41) is 12.6. The average Bonchev–Trinajstić information content (AvgIpc) is 2.45. The van der Waals surface area contributed by atoms with Gasteiger partial charge in [-0.15, -0.1) is 0 Å². The molecule has 0 amide bonds. The third-order valence-corrected chi connectivity index (χ3v) is 2.86. The molecule has 0 aliphatic carbocycles. The van der Waals surface area contributed by atoms with Crippen LogP contribution in [0.2, 0.25) is 5.15 Å². The number of halogens is 1. The van der Waals surface area contributed by atoms with Gasteiger partial charge >= 0.3 is 0 Å². The number of rotatable bonds is 5. The maximum absolute atomic E-state index is 9.10. The number of anilines is 1. The van der Waals surface area contributed by atoms with Crippen molar-refractivity contribution in [2.45, 2.75) is 13.2 Å². The highest BCUT2D eigenvalue weighted by Gasteiger charge is 2.01. The van der Waals surface area contributed by atoms with Crippen LogP contribution in [-0.2, 0) is 13.2 Å². The van der Waals surface area contributed by atoms with Crippen molar-refractivity contribution in [2.24, 2.45) is 0 Å². The monoisotopic (exact) mass is 278 g/mol. The number of methoxy groups -OCH3 is 1. The van der Waals surface area contributed by atoms with Gasteiger partial charge < -0.3 is 15.2 Å². The minimum absolute atomic E-state index is 0.0561. The van der Waals surface area contributed by atoms with Gasteiger partial charge in [0.05, 0.1) is 13.7 Å². The van der Waals surface area contributed by atoms with Crippen molar-refractivity contribution >= 4 is 17.4 Å². The van der Waals surface area contributed by atoms with Gasteiger partial charge in [-0.2, -0.15) is 0 Å². The Kier molecular flexibility index (Phi) is 4.60. The van der Waals surface area contributed by atoms with Crippen molar-refractivity contribution in [3.05, 3.63) is 52.7 Å². The van der Waals surface area contributed by atoms with E-state index in [0.29, 0.717) is 17.5 Å². The van der Waals surface area contributed by atoms with Crippen LogP contribution in [0.1, 0.15) is 11.1 Å². The lowest BCUT2D eigenvalue weighted by Crippen LogP contribution is -2.02. The first kappa shape index (κ1) is 13.6. The second kappa shape index (κ2) is 6.41. The van der Waals surface area contributed by atoms with Crippen LogP contribution in [0.4, 0.5) is 5.82 Å². The summed E-state index contributed by atoms with van der Waals surface area (Å²) in [6, 6.07) is 11.2. The topological polar surface area (TPSA) is 54.4 Å². The Morgan fingerprint density at radius 1 is 1.21 bits per heavy atom. The van der Waals surface area contributed by atoms with E-state index in [1.54, 1.807) is 19.2 Å². The largest absolute Gasteiger partial charge is 0.497 e. The molecule has 100 valence electrons. The van der Waals surface area contributed by atoms with E-state index in [1.807, 2.05) is 24.3 Å². The standard InChI is InChI=1S/C14H15ClN2O2/c1-19-12-4-2-10(3-5-12)8-16-14-7-11(9-18)6-13(15)17-14/h2-7,18H,8-9H2,1H3,(H,16,17). The number of hydrogen-bond donors (Lipinski definition) is 2. The molecule has 0 aliphatic rings. The average molecular weight is 279 g/mol. The number of hydrogen-bond acceptors (Lipinski definition) is 4. The number of aliphatic hydroxyl groups is 1. The van der Waals surface area contributed by atoms with Crippen LogP contribution in [0.15, 0.2) is 36.4 Å². The maximum atomic E-state index is 9.10. The lowest BCUT2D eigenvalue weighted by molar-refractivity contribution is 0.282. The summed E-state index contributed by atoms with van der Waals surface area (Å²) in [4.78, 5) is 4.15. The van der Waals surface area contributed by atoms with Crippen LogP contribution in [0.3, 0.4) is 0 Å². The van der Waals surface area contributed by atoms with Crippen molar-refractivity contribution in [3.8, 4) is 5.75 Å². The van der Waals surface area contributed by atoms with Crippen LogP contribution in [0.5, 0.6) is 5.75 Å². The van der Waals surface area contributed by atoms with Gasteiger partial charge in [-0.1, -0.05) is 23.7 Å². The Morgan fingerprint density at radius 2 is 1.95 bits per heavy atom. The van der Waals surface area contributed by atoms with Gasteiger partial charge in [-0.05, 0) is 35.4 Å². The smallest absolute Gasteiger partial charge is 0.131 e. The van der Waals surface area contributed by atoms with Gasteiger partial charge in [-0.3, -0.25) is 0 Å². The number of nitrogens with one attached hydrogen (secondary N) is 1. The Balaban J connectivity index is 2.03. The van der Waals surface area contributed by atoms with E-state index in [4.69, 9.17) is 21.4 Å². The molecule has 0 unspecified atom stereocenters. The van der Waals surface area contributed by atoms with Gasteiger partial charge in [0.1, 0.15) is 16.7 Å². The minimum atomic E-state index is -0.0561. The van der Waals surface area contributed by atoms with Crippen LogP contribution < -0.4 is 10.1 Å². The van der Waals surface area contributed by atoms with Crippen LogP contribution in [0.25, 0.3) is 0 Å². The van der Waals surface area contributed by atoms with Crippen molar-refractivity contribution < 1.29 is 9.84 Å². The summed E-state index contributed by atoms with van der Waals surface area (Å²) >= 11 is 5.87. The zero-order valence-corrected chi connectivity index (χ0v) is 11.3. The molecular weight excluding hydrogens is 264 g/mol. The first-order valence-electron chi connectivity index (χ1n) is 5.85. The summed E-state index contributed by atoms with van der Waals surface area (Å²) in [7, 11) is 1.64. The van der Waals surface area contributed by atoms with E-state index >= 15 is 0 Å². The molecule has 4 nitrogen and oxygen atoms in total. The summed E-state index contributed by atoms with van der Waals surface area (Å²) < 4.78 is 5.10. The highest BCUT2D eigenvalue weighted by molar-refractivity contribution is 6.29. The molecule has 0 aliphatic heterocycles. The molecule has 1 aromatic heterocycles. The Labute approximate surface area is 117 Å². The molecule has 19 heavy (non-hydrogen) atoms. The summed E-state index contributed by atoms with van der Waals surface area (Å²) in [5.41, 5.74) is 1.84. The summed E-state index contributed by atoms with van der Waals surface area (Å²) in [6.07, 6.45) is 0. The van der Waals surface area contributed by atoms with Crippen LogP contribution in [0, 0.1) is 0 Å². The van der Waals surface area contributed by atoms with E-state index in [9.17, 15) is 0 Å². The predicted molar refractivity (Wildman–Crippen MR) is 75.5 cm³/mol. The van der Waals surface area contributed by atoms with E-state index < -0.39 is 0 Å². The number of aromatic nitrogens is 1. The first-order valence-corrected chi connectivity index (χ1v) is 6.23. The molecule has 0 bridgehead atoms. The molecule has 0 saturated carbocycles. The molecule has 1 aromatic carbocycles. The molecule has 2 N–H and O–H groups in total. The van der Waals surface area contributed by atoms with Crippen molar-refractivity contribution in [2.75, 3.05) is 12.4 Å². The zero-order chi connectivity index (χ0) is 13.7.